The van der Waals surface area contributed by atoms with E-state index < -0.39 is 0 Å². The average molecular weight is 284 g/mol. The fraction of sp³-hybridized carbons (Fsp3) is 0.529. The highest BCUT2D eigenvalue weighted by Gasteiger charge is 2.48. The molecule has 0 spiro atoms. The molecule has 21 heavy (non-hydrogen) atoms. The summed E-state index contributed by atoms with van der Waals surface area (Å²) in [5.74, 6) is 2.04. The molecule has 1 saturated heterocycles. The molecule has 2 atom stereocenters. The second kappa shape index (κ2) is 4.86. The van der Waals surface area contributed by atoms with Crippen LogP contribution < -0.4 is 10.2 Å². The van der Waals surface area contributed by atoms with Crippen LogP contribution in [0.25, 0.3) is 0 Å². The van der Waals surface area contributed by atoms with E-state index >= 15 is 0 Å². The highest BCUT2D eigenvalue weighted by molar-refractivity contribution is 6.02. The number of anilines is 2. The first-order valence-electron chi connectivity index (χ1n) is 7.92. The van der Waals surface area contributed by atoms with Crippen molar-refractivity contribution in [2.24, 2.45) is 17.8 Å². The lowest BCUT2D eigenvalue weighted by molar-refractivity contribution is -0.120. The molecular weight excluding hydrogens is 264 g/mol. The van der Waals surface area contributed by atoms with Crippen molar-refractivity contribution < 1.29 is 9.59 Å². The molecule has 1 aliphatic heterocycles. The van der Waals surface area contributed by atoms with Gasteiger partial charge in [-0.1, -0.05) is 12.1 Å². The van der Waals surface area contributed by atoms with Crippen molar-refractivity contribution in [1.29, 1.82) is 0 Å². The van der Waals surface area contributed by atoms with E-state index in [2.05, 4.69) is 5.32 Å². The lowest BCUT2D eigenvalue weighted by Gasteiger charge is -2.21. The molecule has 1 heterocycles. The van der Waals surface area contributed by atoms with Crippen molar-refractivity contribution in [2.45, 2.75) is 32.1 Å². The van der Waals surface area contributed by atoms with E-state index in [0.717, 1.165) is 49.0 Å². The molecule has 3 aliphatic rings. The molecule has 1 aromatic rings. The molecule has 2 saturated carbocycles. The number of carbonyl (C=O) groups is 2. The van der Waals surface area contributed by atoms with Crippen LogP contribution in [0.15, 0.2) is 24.3 Å². The summed E-state index contributed by atoms with van der Waals surface area (Å²) in [7, 11) is 0. The van der Waals surface area contributed by atoms with Crippen molar-refractivity contribution in [2.75, 3.05) is 16.8 Å². The van der Waals surface area contributed by atoms with Gasteiger partial charge in [0.1, 0.15) is 0 Å². The molecule has 1 aromatic carbocycles. The summed E-state index contributed by atoms with van der Waals surface area (Å²) in [6, 6.07) is 7.65. The van der Waals surface area contributed by atoms with E-state index in [9.17, 15) is 9.59 Å². The smallest absolute Gasteiger partial charge is 0.227 e. The number of nitrogens with zero attached hydrogens (tertiary/aromatic N) is 1. The molecule has 4 heteroatoms. The van der Waals surface area contributed by atoms with Crippen LogP contribution in [0.3, 0.4) is 0 Å². The Morgan fingerprint density at radius 3 is 2.62 bits per heavy atom. The summed E-state index contributed by atoms with van der Waals surface area (Å²) >= 11 is 0. The zero-order valence-corrected chi connectivity index (χ0v) is 12.0. The van der Waals surface area contributed by atoms with E-state index in [1.54, 1.807) is 4.90 Å². The monoisotopic (exact) mass is 284 g/mol. The van der Waals surface area contributed by atoms with Crippen LogP contribution in [0.4, 0.5) is 11.4 Å². The maximum absolute atomic E-state index is 12.4. The van der Waals surface area contributed by atoms with Gasteiger partial charge < -0.3 is 10.2 Å². The lowest BCUT2D eigenvalue weighted by atomic mass is 10.0. The van der Waals surface area contributed by atoms with Gasteiger partial charge in [-0.15, -0.1) is 0 Å². The van der Waals surface area contributed by atoms with E-state index in [4.69, 9.17) is 0 Å². The minimum absolute atomic E-state index is 0.126. The minimum atomic E-state index is 0.126. The number of hydrogen-bond acceptors (Lipinski definition) is 2. The average Bonchev–Trinajstić information content (AvgIpc) is 2.89. The van der Waals surface area contributed by atoms with E-state index in [-0.39, 0.29) is 17.7 Å². The van der Waals surface area contributed by atoms with Crippen molar-refractivity contribution >= 4 is 23.2 Å². The summed E-state index contributed by atoms with van der Waals surface area (Å²) in [6.45, 7) is 0.749. The molecule has 2 amide bonds. The van der Waals surface area contributed by atoms with Gasteiger partial charge in [0, 0.05) is 18.9 Å². The number of nitrogens with one attached hydrogen (secondary N) is 1. The van der Waals surface area contributed by atoms with Crippen LogP contribution in [-0.4, -0.2) is 18.4 Å². The fourth-order valence-corrected chi connectivity index (χ4v) is 3.88. The zero-order chi connectivity index (χ0) is 14.4. The third kappa shape index (κ3) is 2.33. The molecule has 110 valence electrons. The first kappa shape index (κ1) is 12.9. The highest BCUT2D eigenvalue weighted by Crippen LogP contribution is 2.54. The Labute approximate surface area is 124 Å². The molecule has 2 unspecified atom stereocenters. The van der Waals surface area contributed by atoms with Crippen LogP contribution in [0.1, 0.15) is 32.1 Å². The second-order valence-electron chi connectivity index (χ2n) is 6.58. The van der Waals surface area contributed by atoms with Gasteiger partial charge in [-0.25, -0.2) is 0 Å². The summed E-state index contributed by atoms with van der Waals surface area (Å²) < 4.78 is 0. The molecule has 0 aromatic heterocycles. The first-order valence-corrected chi connectivity index (χ1v) is 7.92. The summed E-state index contributed by atoms with van der Waals surface area (Å²) in [5.41, 5.74) is 1.62. The quantitative estimate of drug-likeness (QED) is 0.928. The van der Waals surface area contributed by atoms with E-state index in [0.29, 0.717) is 6.42 Å². The van der Waals surface area contributed by atoms with E-state index in [1.807, 2.05) is 24.3 Å². The number of amides is 2. The van der Waals surface area contributed by atoms with Gasteiger partial charge in [0.05, 0.1) is 11.4 Å². The number of carbonyl (C=O) groups excluding carboxylic acids is 2. The molecule has 4 nitrogen and oxygen atoms in total. The Morgan fingerprint density at radius 2 is 1.90 bits per heavy atom. The van der Waals surface area contributed by atoms with E-state index in [1.165, 1.54) is 6.42 Å². The van der Waals surface area contributed by atoms with Crippen LogP contribution in [-0.2, 0) is 9.59 Å². The Morgan fingerprint density at radius 1 is 1.14 bits per heavy atom. The standard InChI is InChI=1S/C17H20N2O2/c20-16-6-3-7-19(16)15-5-2-1-4-14(15)18-17(21)13-9-11-8-12(11)10-13/h1-2,4-5,11-13H,3,6-10H2,(H,18,21). The predicted molar refractivity (Wildman–Crippen MR) is 81.0 cm³/mol. The number of fused-ring (bicyclic) bond motifs is 1. The van der Waals surface area contributed by atoms with Gasteiger partial charge >= 0.3 is 0 Å². The Kier molecular flexibility index (Phi) is 2.98. The number of para-hydroxylation sites is 2. The summed E-state index contributed by atoms with van der Waals surface area (Å²) in [6.07, 6.45) is 4.91. The predicted octanol–water partition coefficient (Wildman–Crippen LogP) is 2.80. The maximum Gasteiger partial charge on any atom is 0.227 e. The molecule has 4 rings (SSSR count). The number of benzene rings is 1. The van der Waals surface area contributed by atoms with Gasteiger partial charge in [-0.05, 0) is 49.7 Å². The SMILES string of the molecule is O=C(Nc1ccccc1N1CCCC1=O)C1CC2CC2C1. The van der Waals surface area contributed by atoms with Gasteiger partial charge in [0.15, 0.2) is 0 Å². The molecule has 2 aliphatic carbocycles. The van der Waals surface area contributed by atoms with Crippen LogP contribution in [0.2, 0.25) is 0 Å². The Balaban J connectivity index is 1.51. The second-order valence-corrected chi connectivity index (χ2v) is 6.58. The summed E-state index contributed by atoms with van der Waals surface area (Å²) in [4.78, 5) is 26.1. The molecule has 0 radical (unpaired) electrons. The number of rotatable bonds is 3. The summed E-state index contributed by atoms with van der Waals surface area (Å²) in [5, 5.41) is 3.06. The maximum atomic E-state index is 12.4. The molecule has 1 N–H and O–H groups in total. The third-order valence-corrected chi connectivity index (χ3v) is 5.14. The minimum Gasteiger partial charge on any atom is -0.324 e. The Hall–Kier alpha value is -1.84. The topological polar surface area (TPSA) is 49.4 Å². The van der Waals surface area contributed by atoms with Gasteiger partial charge in [0.2, 0.25) is 11.8 Å². The highest BCUT2D eigenvalue weighted by atomic mass is 16.2. The first-order chi connectivity index (χ1) is 10.2. The fourth-order valence-electron chi connectivity index (χ4n) is 3.88. The zero-order valence-electron chi connectivity index (χ0n) is 12.0. The van der Waals surface area contributed by atoms with Crippen LogP contribution in [0.5, 0.6) is 0 Å². The lowest BCUT2D eigenvalue weighted by Crippen LogP contribution is -2.27. The van der Waals surface area contributed by atoms with Crippen LogP contribution in [0, 0.1) is 17.8 Å². The molecular formula is C17H20N2O2. The van der Waals surface area contributed by atoms with Crippen LogP contribution >= 0.6 is 0 Å². The molecule has 0 bridgehead atoms. The van der Waals surface area contributed by atoms with Crippen molar-refractivity contribution in [3.63, 3.8) is 0 Å². The van der Waals surface area contributed by atoms with Crippen molar-refractivity contribution in [3.05, 3.63) is 24.3 Å². The number of hydrogen-bond donors (Lipinski definition) is 1. The molecule has 3 fully saturated rings. The third-order valence-electron chi connectivity index (χ3n) is 5.14. The van der Waals surface area contributed by atoms with Crippen molar-refractivity contribution in [1.82, 2.24) is 0 Å². The van der Waals surface area contributed by atoms with Gasteiger partial charge in [-0.2, -0.15) is 0 Å². The normalized spacial score (nSPS) is 30.4. The van der Waals surface area contributed by atoms with Crippen molar-refractivity contribution in [3.8, 4) is 0 Å². The largest absolute Gasteiger partial charge is 0.324 e. The van der Waals surface area contributed by atoms with Gasteiger partial charge in [-0.3, -0.25) is 9.59 Å². The Bertz CT molecular complexity index is 588. The van der Waals surface area contributed by atoms with Gasteiger partial charge in [0.25, 0.3) is 0 Å².